The van der Waals surface area contributed by atoms with Crippen molar-refractivity contribution < 1.29 is 9.90 Å². The largest absolute Gasteiger partial charge is 0.507 e. The van der Waals surface area contributed by atoms with Crippen LogP contribution in [0.3, 0.4) is 0 Å². The summed E-state index contributed by atoms with van der Waals surface area (Å²) in [6, 6.07) is 20.4. The first kappa shape index (κ1) is 13.2. The van der Waals surface area contributed by atoms with Crippen molar-refractivity contribution in [1.82, 2.24) is 0 Å². The lowest BCUT2D eigenvalue weighted by molar-refractivity contribution is -0.115. The zero-order valence-electron chi connectivity index (χ0n) is 11.4. The second-order valence-electron chi connectivity index (χ2n) is 4.89. The van der Waals surface area contributed by atoms with E-state index in [1.54, 1.807) is 12.1 Å². The molecule has 3 aromatic carbocycles. The smallest absolute Gasteiger partial charge is 0.228 e. The molecule has 0 bridgehead atoms. The van der Waals surface area contributed by atoms with Gasteiger partial charge in [-0.2, -0.15) is 0 Å². The normalized spacial score (nSPS) is 10.5. The van der Waals surface area contributed by atoms with Gasteiger partial charge in [-0.25, -0.2) is 0 Å². The van der Waals surface area contributed by atoms with Crippen LogP contribution in [0.2, 0.25) is 0 Å². The Balaban J connectivity index is 1.85. The quantitative estimate of drug-likeness (QED) is 0.717. The molecular formula is C18H15NO2. The van der Waals surface area contributed by atoms with Crippen LogP contribution in [0.15, 0.2) is 66.7 Å². The van der Waals surface area contributed by atoms with Crippen LogP contribution >= 0.6 is 0 Å². The minimum atomic E-state index is -0.0722. The van der Waals surface area contributed by atoms with Crippen LogP contribution in [0, 0.1) is 0 Å². The topological polar surface area (TPSA) is 49.3 Å². The van der Waals surface area contributed by atoms with E-state index in [9.17, 15) is 9.90 Å². The number of hydrogen-bond acceptors (Lipinski definition) is 2. The van der Waals surface area contributed by atoms with Crippen LogP contribution in [0.5, 0.6) is 5.75 Å². The van der Waals surface area contributed by atoms with E-state index in [1.807, 2.05) is 54.6 Å². The maximum atomic E-state index is 12.1. The molecule has 0 heterocycles. The first-order chi connectivity index (χ1) is 10.2. The number of hydrogen-bond donors (Lipinski definition) is 2. The van der Waals surface area contributed by atoms with Gasteiger partial charge in [0, 0.05) is 16.5 Å². The molecule has 0 spiro atoms. The Labute approximate surface area is 122 Å². The molecule has 1 amide bonds. The molecule has 0 radical (unpaired) electrons. The first-order valence-corrected chi connectivity index (χ1v) is 6.78. The summed E-state index contributed by atoms with van der Waals surface area (Å²) in [4.78, 5) is 12.1. The first-order valence-electron chi connectivity index (χ1n) is 6.78. The maximum Gasteiger partial charge on any atom is 0.228 e. The van der Waals surface area contributed by atoms with Crippen molar-refractivity contribution in [3.8, 4) is 5.75 Å². The van der Waals surface area contributed by atoms with E-state index in [-0.39, 0.29) is 11.7 Å². The number of nitrogens with one attached hydrogen (secondary N) is 1. The van der Waals surface area contributed by atoms with E-state index >= 15 is 0 Å². The SMILES string of the molecule is O=C(Cc1ccccc1)Nc1ccc(O)c2ccccc12. The van der Waals surface area contributed by atoms with Crippen LogP contribution in [-0.2, 0) is 11.2 Å². The molecule has 0 aromatic heterocycles. The zero-order valence-corrected chi connectivity index (χ0v) is 11.4. The van der Waals surface area contributed by atoms with Gasteiger partial charge < -0.3 is 10.4 Å². The lowest BCUT2D eigenvalue weighted by atomic mass is 10.1. The molecule has 3 nitrogen and oxygen atoms in total. The number of rotatable bonds is 3. The van der Waals surface area contributed by atoms with Crippen LogP contribution in [0.1, 0.15) is 5.56 Å². The highest BCUT2D eigenvalue weighted by atomic mass is 16.3. The highest BCUT2D eigenvalue weighted by molar-refractivity contribution is 6.04. The van der Waals surface area contributed by atoms with Gasteiger partial charge in [-0.05, 0) is 17.7 Å². The standard InChI is InChI=1S/C18H15NO2/c20-17-11-10-16(14-8-4-5-9-15(14)17)19-18(21)12-13-6-2-1-3-7-13/h1-11,20H,12H2,(H,19,21). The number of amides is 1. The van der Waals surface area contributed by atoms with Gasteiger partial charge in [0.15, 0.2) is 0 Å². The number of aromatic hydroxyl groups is 1. The Morgan fingerprint density at radius 2 is 1.52 bits per heavy atom. The number of phenols is 1. The maximum absolute atomic E-state index is 12.1. The van der Waals surface area contributed by atoms with E-state index in [0.29, 0.717) is 12.1 Å². The third-order valence-corrected chi connectivity index (χ3v) is 3.38. The Bertz CT molecular complexity index is 782. The van der Waals surface area contributed by atoms with Crippen molar-refractivity contribution in [3.63, 3.8) is 0 Å². The number of phenolic OH excluding ortho intramolecular Hbond substituents is 1. The molecule has 21 heavy (non-hydrogen) atoms. The number of carbonyl (C=O) groups excluding carboxylic acids is 1. The third-order valence-electron chi connectivity index (χ3n) is 3.38. The van der Waals surface area contributed by atoms with E-state index in [2.05, 4.69) is 5.32 Å². The van der Waals surface area contributed by atoms with Gasteiger partial charge in [0.25, 0.3) is 0 Å². The molecule has 0 aliphatic carbocycles. The number of fused-ring (bicyclic) bond motifs is 1. The molecule has 0 atom stereocenters. The van der Waals surface area contributed by atoms with E-state index in [4.69, 9.17) is 0 Å². The average Bonchev–Trinajstić information content (AvgIpc) is 2.51. The minimum absolute atomic E-state index is 0.0722. The molecule has 0 unspecified atom stereocenters. The summed E-state index contributed by atoms with van der Waals surface area (Å²) in [7, 11) is 0. The van der Waals surface area contributed by atoms with Crippen molar-refractivity contribution in [2.45, 2.75) is 6.42 Å². The highest BCUT2D eigenvalue weighted by Crippen LogP contribution is 2.30. The fourth-order valence-corrected chi connectivity index (χ4v) is 2.37. The third kappa shape index (κ3) is 2.87. The number of carbonyl (C=O) groups is 1. The fraction of sp³-hybridized carbons (Fsp3) is 0.0556. The van der Waals surface area contributed by atoms with E-state index in [0.717, 1.165) is 16.3 Å². The molecule has 2 N–H and O–H groups in total. The predicted octanol–water partition coefficient (Wildman–Crippen LogP) is 3.73. The number of benzene rings is 3. The summed E-state index contributed by atoms with van der Waals surface area (Å²) in [6.45, 7) is 0. The van der Waals surface area contributed by atoms with Crippen molar-refractivity contribution in [2.24, 2.45) is 0 Å². The fourth-order valence-electron chi connectivity index (χ4n) is 2.37. The van der Waals surface area contributed by atoms with Gasteiger partial charge in [-0.1, -0.05) is 54.6 Å². The van der Waals surface area contributed by atoms with E-state index < -0.39 is 0 Å². The number of anilines is 1. The van der Waals surface area contributed by atoms with Gasteiger partial charge in [0.1, 0.15) is 5.75 Å². The molecule has 104 valence electrons. The summed E-state index contributed by atoms with van der Waals surface area (Å²) in [6.07, 6.45) is 0.329. The molecule has 3 heteroatoms. The summed E-state index contributed by atoms with van der Waals surface area (Å²) < 4.78 is 0. The summed E-state index contributed by atoms with van der Waals surface area (Å²) >= 11 is 0. The summed E-state index contributed by atoms with van der Waals surface area (Å²) in [5, 5.41) is 14.3. The van der Waals surface area contributed by atoms with Crippen molar-refractivity contribution in [3.05, 3.63) is 72.3 Å². The van der Waals surface area contributed by atoms with Crippen molar-refractivity contribution >= 4 is 22.4 Å². The van der Waals surface area contributed by atoms with Crippen LogP contribution < -0.4 is 5.32 Å². The summed E-state index contributed by atoms with van der Waals surface area (Å²) in [5.74, 6) is 0.142. The minimum Gasteiger partial charge on any atom is -0.507 e. The van der Waals surface area contributed by atoms with Crippen LogP contribution in [0.25, 0.3) is 10.8 Å². The van der Waals surface area contributed by atoms with Gasteiger partial charge in [0.05, 0.1) is 6.42 Å². The molecule has 3 rings (SSSR count). The van der Waals surface area contributed by atoms with Crippen molar-refractivity contribution in [2.75, 3.05) is 5.32 Å². The second kappa shape index (κ2) is 5.67. The second-order valence-corrected chi connectivity index (χ2v) is 4.89. The molecule has 3 aromatic rings. The van der Waals surface area contributed by atoms with Gasteiger partial charge in [-0.3, -0.25) is 4.79 Å². The molecule has 0 aliphatic heterocycles. The molecule has 0 fully saturated rings. The van der Waals surface area contributed by atoms with Gasteiger partial charge in [0.2, 0.25) is 5.91 Å². The van der Waals surface area contributed by atoms with Crippen LogP contribution in [0.4, 0.5) is 5.69 Å². The molecular weight excluding hydrogens is 262 g/mol. The predicted molar refractivity (Wildman–Crippen MR) is 84.4 cm³/mol. The van der Waals surface area contributed by atoms with Gasteiger partial charge in [-0.15, -0.1) is 0 Å². The molecule has 0 aliphatic rings. The van der Waals surface area contributed by atoms with E-state index in [1.165, 1.54) is 0 Å². The molecule has 0 saturated heterocycles. The Kier molecular flexibility index (Phi) is 3.56. The van der Waals surface area contributed by atoms with Crippen molar-refractivity contribution in [1.29, 1.82) is 0 Å². The monoisotopic (exact) mass is 277 g/mol. The lowest BCUT2D eigenvalue weighted by Gasteiger charge is -2.10. The van der Waals surface area contributed by atoms with Crippen LogP contribution in [-0.4, -0.2) is 11.0 Å². The lowest BCUT2D eigenvalue weighted by Crippen LogP contribution is -2.14. The summed E-state index contributed by atoms with van der Waals surface area (Å²) in [5.41, 5.74) is 1.68. The highest BCUT2D eigenvalue weighted by Gasteiger charge is 2.08. The molecule has 0 saturated carbocycles. The zero-order chi connectivity index (χ0) is 14.7. The Morgan fingerprint density at radius 1 is 0.857 bits per heavy atom. The Hall–Kier alpha value is -2.81. The average molecular weight is 277 g/mol. The van der Waals surface area contributed by atoms with Gasteiger partial charge >= 0.3 is 0 Å². The Morgan fingerprint density at radius 3 is 2.29 bits per heavy atom.